The van der Waals surface area contributed by atoms with E-state index in [9.17, 15) is 14.0 Å². The number of fused-ring (bicyclic) bond motifs is 1. The van der Waals surface area contributed by atoms with E-state index in [-0.39, 0.29) is 16.5 Å². The Morgan fingerprint density at radius 2 is 2.15 bits per heavy atom. The summed E-state index contributed by atoms with van der Waals surface area (Å²) in [5.74, 6) is -1.89. The van der Waals surface area contributed by atoms with Crippen molar-refractivity contribution in [3.8, 4) is 0 Å². The molecule has 0 atom stereocenters. The van der Waals surface area contributed by atoms with E-state index in [1.54, 1.807) is 11.5 Å². The summed E-state index contributed by atoms with van der Waals surface area (Å²) in [6, 6.07) is 0. The second-order valence-electron chi connectivity index (χ2n) is 4.51. The third-order valence-corrected chi connectivity index (χ3v) is 3.19. The van der Waals surface area contributed by atoms with Crippen molar-refractivity contribution in [2.45, 2.75) is 33.2 Å². The lowest BCUT2D eigenvalue weighted by Crippen LogP contribution is -2.21. The summed E-state index contributed by atoms with van der Waals surface area (Å²) in [4.78, 5) is 27.4. The molecule has 0 aliphatic rings. The molecule has 2 heterocycles. The SMILES string of the molecule is CCCn1cc(C(=O)O)c(=O)c2c(CC)c(F)cnc21. The van der Waals surface area contributed by atoms with Crippen LogP contribution in [-0.4, -0.2) is 20.6 Å². The maximum atomic E-state index is 13.8. The fourth-order valence-electron chi connectivity index (χ4n) is 2.29. The van der Waals surface area contributed by atoms with Crippen LogP contribution in [0.5, 0.6) is 0 Å². The topological polar surface area (TPSA) is 72.2 Å². The molecule has 106 valence electrons. The molecule has 2 rings (SSSR count). The van der Waals surface area contributed by atoms with E-state index >= 15 is 0 Å². The minimum Gasteiger partial charge on any atom is -0.477 e. The first-order chi connectivity index (χ1) is 9.51. The Hall–Kier alpha value is -2.24. The van der Waals surface area contributed by atoms with E-state index in [4.69, 9.17) is 5.11 Å². The van der Waals surface area contributed by atoms with Crippen LogP contribution < -0.4 is 5.43 Å². The minimum absolute atomic E-state index is 0.0702. The molecule has 2 aromatic rings. The average molecular weight is 278 g/mol. The van der Waals surface area contributed by atoms with Crippen LogP contribution in [0.2, 0.25) is 0 Å². The maximum absolute atomic E-state index is 13.8. The summed E-state index contributed by atoms with van der Waals surface area (Å²) in [6.07, 6.45) is 3.40. The van der Waals surface area contributed by atoms with Gasteiger partial charge in [-0.25, -0.2) is 14.2 Å². The Morgan fingerprint density at radius 1 is 1.45 bits per heavy atom. The number of aromatic nitrogens is 2. The van der Waals surface area contributed by atoms with E-state index in [2.05, 4.69) is 4.98 Å². The summed E-state index contributed by atoms with van der Waals surface area (Å²) < 4.78 is 15.4. The lowest BCUT2D eigenvalue weighted by Gasteiger charge is -2.12. The van der Waals surface area contributed by atoms with Crippen molar-refractivity contribution in [2.75, 3.05) is 0 Å². The zero-order valence-corrected chi connectivity index (χ0v) is 11.3. The number of nitrogens with zero attached hydrogens (tertiary/aromatic N) is 2. The van der Waals surface area contributed by atoms with Gasteiger partial charge < -0.3 is 9.67 Å². The number of hydrogen-bond donors (Lipinski definition) is 1. The van der Waals surface area contributed by atoms with Crippen molar-refractivity contribution < 1.29 is 14.3 Å². The molecule has 6 heteroatoms. The highest BCUT2D eigenvalue weighted by atomic mass is 19.1. The van der Waals surface area contributed by atoms with E-state index in [0.29, 0.717) is 18.6 Å². The summed E-state index contributed by atoms with van der Waals surface area (Å²) in [7, 11) is 0. The van der Waals surface area contributed by atoms with Crippen LogP contribution in [0.4, 0.5) is 4.39 Å². The van der Waals surface area contributed by atoms with Gasteiger partial charge in [0.25, 0.3) is 0 Å². The molecule has 0 saturated heterocycles. The zero-order valence-electron chi connectivity index (χ0n) is 11.3. The molecule has 20 heavy (non-hydrogen) atoms. The molecule has 0 fully saturated rings. The highest BCUT2D eigenvalue weighted by molar-refractivity contribution is 5.92. The second-order valence-corrected chi connectivity index (χ2v) is 4.51. The van der Waals surface area contributed by atoms with Crippen molar-refractivity contribution in [2.24, 2.45) is 0 Å². The van der Waals surface area contributed by atoms with Gasteiger partial charge in [-0.05, 0) is 12.8 Å². The molecule has 5 nitrogen and oxygen atoms in total. The predicted octanol–water partition coefficient (Wildman–Crippen LogP) is 2.21. The van der Waals surface area contributed by atoms with Gasteiger partial charge in [0, 0.05) is 18.3 Å². The molecule has 0 amide bonds. The van der Waals surface area contributed by atoms with E-state index in [1.165, 1.54) is 6.20 Å². The third-order valence-electron chi connectivity index (χ3n) is 3.19. The Kier molecular flexibility index (Phi) is 3.83. The van der Waals surface area contributed by atoms with Gasteiger partial charge in [-0.2, -0.15) is 0 Å². The van der Waals surface area contributed by atoms with Crippen LogP contribution in [0.1, 0.15) is 36.2 Å². The molecule has 0 aliphatic heterocycles. The van der Waals surface area contributed by atoms with Crippen molar-refractivity contribution in [1.82, 2.24) is 9.55 Å². The number of carbonyl (C=O) groups is 1. The lowest BCUT2D eigenvalue weighted by molar-refractivity contribution is 0.0695. The van der Waals surface area contributed by atoms with Gasteiger partial charge >= 0.3 is 5.97 Å². The highest BCUT2D eigenvalue weighted by Crippen LogP contribution is 2.18. The second kappa shape index (κ2) is 5.40. The van der Waals surface area contributed by atoms with Gasteiger partial charge in [0.2, 0.25) is 5.43 Å². The first-order valence-electron chi connectivity index (χ1n) is 6.45. The number of aromatic carboxylic acids is 1. The van der Waals surface area contributed by atoms with Gasteiger partial charge in [0.1, 0.15) is 17.0 Å². The number of rotatable bonds is 4. The van der Waals surface area contributed by atoms with Crippen LogP contribution in [0.15, 0.2) is 17.2 Å². The van der Waals surface area contributed by atoms with Crippen LogP contribution in [0, 0.1) is 5.82 Å². The minimum atomic E-state index is -1.31. The van der Waals surface area contributed by atoms with Crippen LogP contribution in [-0.2, 0) is 13.0 Å². The number of hydrogen-bond acceptors (Lipinski definition) is 3. The van der Waals surface area contributed by atoms with E-state index < -0.39 is 17.2 Å². The van der Waals surface area contributed by atoms with Gasteiger partial charge in [-0.3, -0.25) is 4.79 Å². The number of aryl methyl sites for hydroxylation is 2. The smallest absolute Gasteiger partial charge is 0.341 e. The molecular formula is C14H15FN2O3. The third kappa shape index (κ3) is 2.17. The Bertz CT molecular complexity index is 737. The van der Waals surface area contributed by atoms with Crippen LogP contribution in [0.25, 0.3) is 11.0 Å². The Balaban J connectivity index is 2.98. The number of carboxylic acid groups (broad SMARTS) is 1. The van der Waals surface area contributed by atoms with Crippen molar-refractivity contribution in [3.05, 3.63) is 39.6 Å². The predicted molar refractivity (Wildman–Crippen MR) is 72.6 cm³/mol. The van der Waals surface area contributed by atoms with E-state index in [1.807, 2.05) is 6.92 Å². The number of halogens is 1. The summed E-state index contributed by atoms with van der Waals surface area (Å²) in [6.45, 7) is 4.16. The Labute approximate surface area is 114 Å². The standard InChI is InChI=1S/C14H15FN2O3/c1-3-5-17-7-9(14(19)20)12(18)11-8(4-2)10(15)6-16-13(11)17/h6-7H,3-5H2,1-2H3,(H,19,20). The van der Waals surface area contributed by atoms with Gasteiger partial charge in [0.15, 0.2) is 0 Å². The highest BCUT2D eigenvalue weighted by Gasteiger charge is 2.19. The van der Waals surface area contributed by atoms with Crippen molar-refractivity contribution in [1.29, 1.82) is 0 Å². The maximum Gasteiger partial charge on any atom is 0.341 e. The quantitative estimate of drug-likeness (QED) is 0.930. The molecule has 1 N–H and O–H groups in total. The largest absolute Gasteiger partial charge is 0.477 e. The Morgan fingerprint density at radius 3 is 2.70 bits per heavy atom. The first kappa shape index (κ1) is 14.2. The summed E-state index contributed by atoms with van der Waals surface area (Å²) in [5, 5.41) is 9.19. The molecule has 0 saturated carbocycles. The summed E-state index contributed by atoms with van der Waals surface area (Å²) >= 11 is 0. The van der Waals surface area contributed by atoms with Gasteiger partial charge in [-0.1, -0.05) is 13.8 Å². The fraction of sp³-hybridized carbons (Fsp3) is 0.357. The molecular weight excluding hydrogens is 263 g/mol. The lowest BCUT2D eigenvalue weighted by atomic mass is 10.1. The van der Waals surface area contributed by atoms with E-state index in [0.717, 1.165) is 12.6 Å². The number of carboxylic acids is 1. The van der Waals surface area contributed by atoms with Gasteiger partial charge in [-0.15, -0.1) is 0 Å². The average Bonchev–Trinajstić information content (AvgIpc) is 2.41. The monoisotopic (exact) mass is 278 g/mol. The molecule has 2 aromatic heterocycles. The molecule has 0 bridgehead atoms. The summed E-state index contributed by atoms with van der Waals surface area (Å²) in [5.41, 5.74) is -0.482. The molecule has 0 spiro atoms. The normalized spacial score (nSPS) is 10.9. The van der Waals surface area contributed by atoms with Gasteiger partial charge in [0.05, 0.1) is 11.6 Å². The fourth-order valence-corrected chi connectivity index (χ4v) is 2.29. The molecule has 0 unspecified atom stereocenters. The first-order valence-corrected chi connectivity index (χ1v) is 6.45. The van der Waals surface area contributed by atoms with Crippen molar-refractivity contribution >= 4 is 17.0 Å². The van der Waals surface area contributed by atoms with Crippen molar-refractivity contribution in [3.63, 3.8) is 0 Å². The molecule has 0 radical (unpaired) electrons. The number of pyridine rings is 2. The molecule has 0 aliphatic carbocycles. The zero-order chi connectivity index (χ0) is 14.9. The molecule has 0 aromatic carbocycles. The van der Waals surface area contributed by atoms with Crippen LogP contribution in [0.3, 0.4) is 0 Å². The van der Waals surface area contributed by atoms with Crippen LogP contribution >= 0.6 is 0 Å².